The number of aromatic nitrogens is 1. The number of fused-ring (bicyclic) bond motifs is 1. The maximum absolute atomic E-state index is 9.96. The van der Waals surface area contributed by atoms with Gasteiger partial charge in [-0.15, -0.1) is 0 Å². The van der Waals surface area contributed by atoms with Gasteiger partial charge in [0.05, 0.1) is 12.1 Å². The van der Waals surface area contributed by atoms with E-state index in [-0.39, 0.29) is 16.4 Å². The van der Waals surface area contributed by atoms with Gasteiger partial charge in [0.25, 0.3) is 0 Å². The van der Waals surface area contributed by atoms with Crippen LogP contribution in [0.5, 0.6) is 5.75 Å². The second-order valence-electron chi connectivity index (χ2n) is 5.16. The van der Waals surface area contributed by atoms with Crippen LogP contribution in [-0.2, 0) is 4.74 Å². The summed E-state index contributed by atoms with van der Waals surface area (Å²) in [6, 6.07) is 5.16. The fourth-order valence-electron chi connectivity index (χ4n) is 2.46. The van der Waals surface area contributed by atoms with Crippen LogP contribution in [0.25, 0.3) is 10.9 Å². The molecule has 0 spiro atoms. The Hall–Kier alpha value is -1.47. The van der Waals surface area contributed by atoms with Crippen molar-refractivity contribution in [1.82, 2.24) is 4.98 Å². The molecule has 0 bridgehead atoms. The molecule has 2 heterocycles. The van der Waals surface area contributed by atoms with Gasteiger partial charge < -0.3 is 51.3 Å². The predicted molar refractivity (Wildman–Crippen MR) is 88.5 cm³/mol. The van der Waals surface area contributed by atoms with Crippen molar-refractivity contribution in [2.75, 3.05) is 6.61 Å². The Labute approximate surface area is 147 Å². The Bertz CT molecular complexity index is 665. The minimum absolute atomic E-state index is 0. The van der Waals surface area contributed by atoms with Crippen molar-refractivity contribution in [3.05, 3.63) is 29.4 Å². The first kappa shape index (κ1) is 23.5. The SMILES string of the molecule is O.O.O.OC[C@H]1O[C@@H](Oc2c[nH]c3cc(Cl)ccc23)[C@H](O)[C@@H](O)[C@@H]1O. The molecule has 1 aliphatic heterocycles. The van der Waals surface area contributed by atoms with Crippen LogP contribution in [0, 0.1) is 0 Å². The third-order valence-electron chi connectivity index (χ3n) is 3.70. The maximum atomic E-state index is 9.96. The van der Waals surface area contributed by atoms with Crippen LogP contribution < -0.4 is 4.74 Å². The molecule has 0 saturated carbocycles. The van der Waals surface area contributed by atoms with E-state index in [4.69, 9.17) is 26.2 Å². The number of hydrogen-bond donors (Lipinski definition) is 5. The lowest BCUT2D eigenvalue weighted by atomic mass is 9.99. The summed E-state index contributed by atoms with van der Waals surface area (Å²) in [4.78, 5) is 2.97. The quantitative estimate of drug-likeness (QED) is 0.387. The molecule has 5 atom stereocenters. The van der Waals surface area contributed by atoms with Gasteiger partial charge in [-0.1, -0.05) is 11.6 Å². The zero-order valence-corrected chi connectivity index (χ0v) is 13.6. The molecule has 1 aromatic heterocycles. The maximum Gasteiger partial charge on any atom is 0.229 e. The molecule has 11 heteroatoms. The van der Waals surface area contributed by atoms with E-state index in [1.807, 2.05) is 0 Å². The van der Waals surface area contributed by atoms with Crippen LogP contribution in [0.2, 0.25) is 5.02 Å². The van der Waals surface area contributed by atoms with Crippen LogP contribution in [-0.4, -0.2) is 79.2 Å². The van der Waals surface area contributed by atoms with Gasteiger partial charge in [-0.05, 0) is 18.2 Å². The largest absolute Gasteiger partial charge is 0.460 e. The summed E-state index contributed by atoms with van der Waals surface area (Å²) in [5.41, 5.74) is 0.743. The summed E-state index contributed by atoms with van der Waals surface area (Å²) >= 11 is 5.90. The monoisotopic (exact) mass is 383 g/mol. The number of halogens is 1. The molecule has 3 rings (SSSR count). The Kier molecular flexibility index (Phi) is 8.74. The van der Waals surface area contributed by atoms with E-state index in [1.54, 1.807) is 24.4 Å². The van der Waals surface area contributed by atoms with E-state index in [0.717, 1.165) is 10.9 Å². The zero-order chi connectivity index (χ0) is 15.9. The third-order valence-corrected chi connectivity index (χ3v) is 3.93. The highest BCUT2D eigenvalue weighted by atomic mass is 35.5. The van der Waals surface area contributed by atoms with Gasteiger partial charge in [0, 0.05) is 16.6 Å². The van der Waals surface area contributed by atoms with Crippen LogP contribution in [0.3, 0.4) is 0 Å². The molecule has 1 aliphatic rings. The normalized spacial score (nSPS) is 28.4. The van der Waals surface area contributed by atoms with Crippen molar-refractivity contribution >= 4 is 22.5 Å². The molecule has 1 fully saturated rings. The average molecular weight is 384 g/mol. The second-order valence-corrected chi connectivity index (χ2v) is 5.59. The first-order chi connectivity index (χ1) is 10.5. The molecule has 0 amide bonds. The molecule has 0 aliphatic carbocycles. The lowest BCUT2D eigenvalue weighted by Crippen LogP contribution is -2.60. The summed E-state index contributed by atoms with van der Waals surface area (Å²) in [6.45, 7) is -0.506. The van der Waals surface area contributed by atoms with E-state index >= 15 is 0 Å². The Morgan fingerprint density at radius 3 is 2.40 bits per heavy atom. The highest BCUT2D eigenvalue weighted by molar-refractivity contribution is 6.31. The summed E-state index contributed by atoms with van der Waals surface area (Å²) < 4.78 is 10.9. The van der Waals surface area contributed by atoms with E-state index in [0.29, 0.717) is 10.8 Å². The molecular formula is C14H22ClNO9. The Balaban J connectivity index is 0.00000192. The zero-order valence-electron chi connectivity index (χ0n) is 12.9. The number of ether oxygens (including phenoxy) is 2. The number of nitrogens with one attached hydrogen (secondary N) is 1. The number of aromatic amines is 1. The lowest BCUT2D eigenvalue weighted by Gasteiger charge is -2.39. The molecule has 10 nitrogen and oxygen atoms in total. The summed E-state index contributed by atoms with van der Waals surface area (Å²) in [6.07, 6.45) is -5.00. The fourth-order valence-corrected chi connectivity index (χ4v) is 2.63. The smallest absolute Gasteiger partial charge is 0.229 e. The number of H-pyrrole nitrogens is 1. The van der Waals surface area contributed by atoms with Gasteiger partial charge in [0.15, 0.2) is 0 Å². The molecule has 25 heavy (non-hydrogen) atoms. The molecule has 1 aromatic carbocycles. The standard InChI is InChI=1S/C14H16ClNO6.3H2O/c15-6-1-2-7-8(3-6)16-4-9(7)21-14-13(20)12(19)11(18)10(5-17)22-14;;;/h1-4,10-14,16-20H,5H2;3*1H2/t10-,11-,12+,13-,14-;;;/m1.../s1. The first-order valence-electron chi connectivity index (χ1n) is 6.75. The molecule has 11 N–H and O–H groups in total. The van der Waals surface area contributed by atoms with Gasteiger partial charge in [-0.2, -0.15) is 0 Å². The van der Waals surface area contributed by atoms with Crippen molar-refractivity contribution in [3.8, 4) is 5.75 Å². The molecule has 2 aromatic rings. The predicted octanol–water partition coefficient (Wildman–Crippen LogP) is -2.47. The second kappa shape index (κ2) is 9.29. The van der Waals surface area contributed by atoms with Crippen LogP contribution in [0.1, 0.15) is 0 Å². The van der Waals surface area contributed by atoms with Crippen molar-refractivity contribution < 1.29 is 46.3 Å². The average Bonchev–Trinajstić information content (AvgIpc) is 2.90. The van der Waals surface area contributed by atoms with Gasteiger partial charge in [0.1, 0.15) is 30.2 Å². The molecule has 0 unspecified atom stereocenters. The van der Waals surface area contributed by atoms with Gasteiger partial charge in [0.2, 0.25) is 6.29 Å². The van der Waals surface area contributed by atoms with E-state index in [1.165, 1.54) is 0 Å². The van der Waals surface area contributed by atoms with Crippen molar-refractivity contribution in [2.45, 2.75) is 30.7 Å². The summed E-state index contributed by atoms with van der Waals surface area (Å²) in [5.74, 6) is 0.399. The third kappa shape index (κ3) is 4.39. The van der Waals surface area contributed by atoms with Crippen LogP contribution in [0.15, 0.2) is 24.4 Å². The molecule has 0 radical (unpaired) electrons. The van der Waals surface area contributed by atoms with E-state index < -0.39 is 37.3 Å². The van der Waals surface area contributed by atoms with Gasteiger partial charge in [-0.3, -0.25) is 0 Å². The Morgan fingerprint density at radius 2 is 1.76 bits per heavy atom. The highest BCUT2D eigenvalue weighted by Gasteiger charge is 2.44. The van der Waals surface area contributed by atoms with E-state index in [9.17, 15) is 15.3 Å². The topological polar surface area (TPSA) is 210 Å². The first-order valence-corrected chi connectivity index (χ1v) is 7.13. The van der Waals surface area contributed by atoms with Gasteiger partial charge >= 0.3 is 0 Å². The molecule has 1 saturated heterocycles. The van der Waals surface area contributed by atoms with E-state index in [2.05, 4.69) is 4.98 Å². The number of benzene rings is 1. The number of hydrogen-bond acceptors (Lipinski definition) is 6. The van der Waals surface area contributed by atoms with Gasteiger partial charge in [-0.25, -0.2) is 0 Å². The van der Waals surface area contributed by atoms with Crippen molar-refractivity contribution in [3.63, 3.8) is 0 Å². The van der Waals surface area contributed by atoms with Crippen molar-refractivity contribution in [1.29, 1.82) is 0 Å². The van der Waals surface area contributed by atoms with Crippen LogP contribution in [0.4, 0.5) is 0 Å². The number of rotatable bonds is 3. The van der Waals surface area contributed by atoms with Crippen LogP contribution >= 0.6 is 11.6 Å². The summed E-state index contributed by atoms with van der Waals surface area (Å²) in [7, 11) is 0. The molecule has 144 valence electrons. The fraction of sp³-hybridized carbons (Fsp3) is 0.429. The molecular weight excluding hydrogens is 362 g/mol. The Morgan fingerprint density at radius 1 is 1.08 bits per heavy atom. The summed E-state index contributed by atoms with van der Waals surface area (Å²) in [5, 5.41) is 39.9. The highest BCUT2D eigenvalue weighted by Crippen LogP contribution is 2.31. The minimum atomic E-state index is -1.48. The minimum Gasteiger partial charge on any atom is -0.460 e. The number of aliphatic hydroxyl groups is 4. The number of aliphatic hydroxyl groups excluding tert-OH is 4. The lowest BCUT2D eigenvalue weighted by molar-refractivity contribution is -0.277. The van der Waals surface area contributed by atoms with Crippen molar-refractivity contribution in [2.24, 2.45) is 0 Å².